The normalized spacial score (nSPS) is 17.8. The van der Waals surface area contributed by atoms with Gasteiger partial charge >= 0.3 is 7.32 Å². The second kappa shape index (κ2) is 4.99. The van der Waals surface area contributed by atoms with E-state index in [1.165, 1.54) is 13.2 Å². The minimum atomic E-state index is -1.89. The van der Waals surface area contributed by atoms with Gasteiger partial charge in [-0.05, 0) is 30.9 Å². The maximum atomic E-state index is 12.5. The molecule has 6 nitrogen and oxygen atoms in total. The Balaban J connectivity index is 1.97. The standard InChI is InChI=1S/C13H16BNO5/c1-19-11-7-10(20-14(17)18)6-8-4-5-15(9-2-3-9)13(16)12(8)11/h6-7,9,17-18H,2-5H2,1H3. The van der Waals surface area contributed by atoms with Crippen LogP contribution in [0.4, 0.5) is 0 Å². The smallest absolute Gasteiger partial charge is 0.512 e. The zero-order chi connectivity index (χ0) is 14.3. The van der Waals surface area contributed by atoms with Crippen molar-refractivity contribution in [2.24, 2.45) is 0 Å². The molecule has 20 heavy (non-hydrogen) atoms. The molecule has 1 heterocycles. The summed E-state index contributed by atoms with van der Waals surface area (Å²) in [6.07, 6.45) is 2.86. The fourth-order valence-corrected chi connectivity index (χ4v) is 2.66. The van der Waals surface area contributed by atoms with Crippen molar-refractivity contribution in [1.29, 1.82) is 0 Å². The van der Waals surface area contributed by atoms with Crippen molar-refractivity contribution in [3.8, 4) is 11.5 Å². The topological polar surface area (TPSA) is 79.2 Å². The van der Waals surface area contributed by atoms with E-state index in [-0.39, 0.29) is 11.7 Å². The van der Waals surface area contributed by atoms with Gasteiger partial charge in [-0.15, -0.1) is 0 Å². The maximum Gasteiger partial charge on any atom is 0.707 e. The van der Waals surface area contributed by atoms with Crippen molar-refractivity contribution in [3.63, 3.8) is 0 Å². The highest BCUT2D eigenvalue weighted by atomic mass is 16.6. The molecule has 1 aliphatic carbocycles. The van der Waals surface area contributed by atoms with Crippen molar-refractivity contribution in [2.75, 3.05) is 13.7 Å². The Labute approximate surface area is 117 Å². The minimum absolute atomic E-state index is 0.0123. The minimum Gasteiger partial charge on any atom is -0.512 e. The molecule has 3 rings (SSSR count). The van der Waals surface area contributed by atoms with Crippen LogP contribution in [-0.4, -0.2) is 47.9 Å². The SMILES string of the molecule is COc1cc(OB(O)O)cc2c1C(=O)N(C1CC1)CC2. The maximum absolute atomic E-state index is 12.5. The lowest BCUT2D eigenvalue weighted by Gasteiger charge is -2.30. The van der Waals surface area contributed by atoms with E-state index in [4.69, 9.17) is 19.4 Å². The molecule has 0 atom stereocenters. The average Bonchev–Trinajstić information content (AvgIpc) is 3.21. The third-order valence-electron chi connectivity index (χ3n) is 3.70. The second-order valence-corrected chi connectivity index (χ2v) is 5.08. The van der Waals surface area contributed by atoms with E-state index in [9.17, 15) is 4.79 Å². The Kier molecular flexibility index (Phi) is 3.31. The number of nitrogens with zero attached hydrogens (tertiary/aromatic N) is 1. The number of carbonyl (C=O) groups is 1. The van der Waals surface area contributed by atoms with Crippen molar-refractivity contribution in [3.05, 3.63) is 23.3 Å². The van der Waals surface area contributed by atoms with Gasteiger partial charge in [-0.3, -0.25) is 4.79 Å². The Morgan fingerprint density at radius 2 is 2.10 bits per heavy atom. The number of amides is 1. The van der Waals surface area contributed by atoms with Crippen molar-refractivity contribution < 1.29 is 24.2 Å². The van der Waals surface area contributed by atoms with Gasteiger partial charge in [-0.2, -0.15) is 0 Å². The molecule has 1 fully saturated rings. The van der Waals surface area contributed by atoms with E-state index in [1.807, 2.05) is 4.90 Å². The molecular weight excluding hydrogens is 261 g/mol. The third-order valence-corrected chi connectivity index (χ3v) is 3.70. The molecule has 2 N–H and O–H groups in total. The van der Waals surface area contributed by atoms with Crippen LogP contribution in [0.5, 0.6) is 11.5 Å². The number of hydrogen-bond donors (Lipinski definition) is 2. The van der Waals surface area contributed by atoms with E-state index in [2.05, 4.69) is 0 Å². The average molecular weight is 277 g/mol. The van der Waals surface area contributed by atoms with Gasteiger partial charge in [0.2, 0.25) is 0 Å². The van der Waals surface area contributed by atoms with E-state index in [0.717, 1.165) is 18.4 Å². The number of ether oxygens (including phenoxy) is 1. The number of hydrogen-bond acceptors (Lipinski definition) is 5. The highest BCUT2D eigenvalue weighted by Gasteiger charge is 2.37. The first-order chi connectivity index (χ1) is 9.60. The van der Waals surface area contributed by atoms with Crippen LogP contribution < -0.4 is 9.39 Å². The third kappa shape index (κ3) is 2.34. The van der Waals surface area contributed by atoms with E-state index >= 15 is 0 Å². The summed E-state index contributed by atoms with van der Waals surface area (Å²) in [4.78, 5) is 14.4. The quantitative estimate of drug-likeness (QED) is 0.769. The summed E-state index contributed by atoms with van der Waals surface area (Å²) in [5, 5.41) is 17.7. The monoisotopic (exact) mass is 277 g/mol. The molecule has 0 saturated heterocycles. The van der Waals surface area contributed by atoms with Crippen molar-refractivity contribution >= 4 is 13.2 Å². The first kappa shape index (κ1) is 13.3. The second-order valence-electron chi connectivity index (χ2n) is 5.08. The number of fused-ring (bicyclic) bond motifs is 1. The molecule has 1 aromatic carbocycles. The summed E-state index contributed by atoms with van der Waals surface area (Å²) in [5.74, 6) is 0.679. The number of rotatable bonds is 4. The Morgan fingerprint density at radius 1 is 1.35 bits per heavy atom. The zero-order valence-corrected chi connectivity index (χ0v) is 11.2. The van der Waals surface area contributed by atoms with Gasteiger partial charge in [-0.25, -0.2) is 0 Å². The first-order valence-corrected chi connectivity index (χ1v) is 6.65. The number of benzene rings is 1. The van der Waals surface area contributed by atoms with Crippen LogP contribution in [0, 0.1) is 0 Å². The molecule has 0 aromatic heterocycles. The molecule has 1 aromatic rings. The first-order valence-electron chi connectivity index (χ1n) is 6.65. The van der Waals surface area contributed by atoms with Crippen LogP contribution in [0.2, 0.25) is 0 Å². The Hall–Kier alpha value is -1.73. The Bertz CT molecular complexity index is 527. The fraction of sp³-hybridized carbons (Fsp3) is 0.462. The van der Waals surface area contributed by atoms with Crippen LogP contribution in [-0.2, 0) is 6.42 Å². The van der Waals surface area contributed by atoms with E-state index in [1.54, 1.807) is 6.07 Å². The van der Waals surface area contributed by atoms with Gasteiger partial charge in [-0.1, -0.05) is 0 Å². The van der Waals surface area contributed by atoms with Crippen LogP contribution in [0.15, 0.2) is 12.1 Å². The molecule has 0 spiro atoms. The van der Waals surface area contributed by atoms with Crippen LogP contribution in [0.3, 0.4) is 0 Å². The summed E-state index contributed by atoms with van der Waals surface area (Å²) in [6, 6.07) is 3.54. The highest BCUT2D eigenvalue weighted by molar-refractivity contribution is 6.33. The van der Waals surface area contributed by atoms with Gasteiger partial charge in [0.25, 0.3) is 5.91 Å². The summed E-state index contributed by atoms with van der Waals surface area (Å²) in [6.45, 7) is 0.685. The fourth-order valence-electron chi connectivity index (χ4n) is 2.66. The number of methoxy groups -OCH3 is 1. The molecule has 0 radical (unpaired) electrons. The lowest BCUT2D eigenvalue weighted by atomic mass is 9.97. The molecular formula is C13H16BNO5. The lowest BCUT2D eigenvalue weighted by molar-refractivity contribution is 0.0723. The highest BCUT2D eigenvalue weighted by Crippen LogP contribution is 2.37. The van der Waals surface area contributed by atoms with Gasteiger partial charge in [0.05, 0.1) is 12.7 Å². The molecule has 0 bridgehead atoms. The lowest BCUT2D eigenvalue weighted by Crippen LogP contribution is -2.39. The largest absolute Gasteiger partial charge is 0.707 e. The molecule has 106 valence electrons. The predicted octanol–water partition coefficient (Wildman–Crippen LogP) is 0.204. The van der Waals surface area contributed by atoms with Gasteiger partial charge in [0.1, 0.15) is 11.5 Å². The molecule has 0 unspecified atom stereocenters. The van der Waals surface area contributed by atoms with Crippen LogP contribution >= 0.6 is 0 Å². The Morgan fingerprint density at radius 3 is 2.70 bits per heavy atom. The van der Waals surface area contributed by atoms with E-state index in [0.29, 0.717) is 30.3 Å². The van der Waals surface area contributed by atoms with Gasteiger partial charge < -0.3 is 24.3 Å². The van der Waals surface area contributed by atoms with Gasteiger partial charge in [0, 0.05) is 18.7 Å². The summed E-state index contributed by atoms with van der Waals surface area (Å²) in [7, 11) is -0.405. The molecule has 7 heteroatoms. The molecule has 2 aliphatic rings. The van der Waals surface area contributed by atoms with Crippen molar-refractivity contribution in [2.45, 2.75) is 25.3 Å². The summed E-state index contributed by atoms with van der Waals surface area (Å²) >= 11 is 0. The number of carbonyl (C=O) groups excluding carboxylic acids is 1. The van der Waals surface area contributed by atoms with Crippen LogP contribution in [0.25, 0.3) is 0 Å². The molecule has 1 amide bonds. The zero-order valence-electron chi connectivity index (χ0n) is 11.2. The van der Waals surface area contributed by atoms with Crippen LogP contribution in [0.1, 0.15) is 28.8 Å². The summed E-state index contributed by atoms with van der Waals surface area (Å²) in [5.41, 5.74) is 1.38. The molecule has 1 aliphatic heterocycles. The van der Waals surface area contributed by atoms with Crippen molar-refractivity contribution in [1.82, 2.24) is 4.90 Å². The predicted molar refractivity (Wildman–Crippen MR) is 71.6 cm³/mol. The van der Waals surface area contributed by atoms with Gasteiger partial charge in [0.15, 0.2) is 0 Å². The summed E-state index contributed by atoms with van der Waals surface area (Å²) < 4.78 is 10.1. The van der Waals surface area contributed by atoms with E-state index < -0.39 is 7.32 Å². The molecule has 1 saturated carbocycles.